The Morgan fingerprint density at radius 2 is 1.71 bits per heavy atom. The van der Waals surface area contributed by atoms with Crippen molar-refractivity contribution in [3.63, 3.8) is 0 Å². The number of benzene rings is 1. The molecule has 0 amide bonds. The van der Waals surface area contributed by atoms with Crippen molar-refractivity contribution in [1.82, 2.24) is 19.6 Å². The normalized spacial score (nSPS) is 10.6. The lowest BCUT2D eigenvalue weighted by Gasteiger charge is -2.09. The molecule has 4 heteroatoms. The minimum absolute atomic E-state index is 0.753. The standard InChI is InChI=1S/C13H12N4/c1-2-6-13(17-10-4-8-15-17)12(5-1)11-16-9-3-7-14-16/h1-10H,11H2. The van der Waals surface area contributed by atoms with Crippen molar-refractivity contribution < 1.29 is 0 Å². The van der Waals surface area contributed by atoms with E-state index in [0.717, 1.165) is 12.2 Å². The lowest BCUT2D eigenvalue weighted by atomic mass is 10.2. The van der Waals surface area contributed by atoms with Gasteiger partial charge in [-0.15, -0.1) is 0 Å². The molecular formula is C13H12N4. The molecule has 0 radical (unpaired) electrons. The molecule has 0 N–H and O–H groups in total. The first-order valence-electron chi connectivity index (χ1n) is 5.49. The number of hydrogen-bond acceptors (Lipinski definition) is 2. The molecule has 0 bridgehead atoms. The van der Waals surface area contributed by atoms with E-state index in [-0.39, 0.29) is 0 Å². The molecule has 3 aromatic rings. The molecule has 1 aromatic carbocycles. The van der Waals surface area contributed by atoms with E-state index in [1.807, 2.05) is 46.0 Å². The van der Waals surface area contributed by atoms with Crippen LogP contribution in [0.4, 0.5) is 0 Å². The van der Waals surface area contributed by atoms with Gasteiger partial charge < -0.3 is 0 Å². The Morgan fingerprint density at radius 1 is 0.882 bits per heavy atom. The quantitative estimate of drug-likeness (QED) is 0.683. The van der Waals surface area contributed by atoms with Gasteiger partial charge in [0.25, 0.3) is 0 Å². The van der Waals surface area contributed by atoms with E-state index in [9.17, 15) is 0 Å². The van der Waals surface area contributed by atoms with E-state index < -0.39 is 0 Å². The van der Waals surface area contributed by atoms with Gasteiger partial charge in [-0.1, -0.05) is 18.2 Å². The van der Waals surface area contributed by atoms with E-state index in [1.165, 1.54) is 5.56 Å². The molecule has 2 heterocycles. The minimum Gasteiger partial charge on any atom is -0.268 e. The van der Waals surface area contributed by atoms with Gasteiger partial charge in [-0.25, -0.2) is 4.68 Å². The SMILES string of the molecule is c1ccc(-n2cccn2)c(Cn2cccn2)c1. The summed E-state index contributed by atoms with van der Waals surface area (Å²) in [5.41, 5.74) is 2.29. The van der Waals surface area contributed by atoms with Crippen molar-refractivity contribution in [3.05, 3.63) is 66.7 Å². The fourth-order valence-electron chi connectivity index (χ4n) is 1.85. The van der Waals surface area contributed by atoms with Crippen molar-refractivity contribution >= 4 is 0 Å². The monoisotopic (exact) mass is 224 g/mol. The molecule has 0 aliphatic rings. The predicted octanol–water partition coefficient (Wildman–Crippen LogP) is 2.12. The van der Waals surface area contributed by atoms with Crippen LogP contribution in [0.2, 0.25) is 0 Å². The van der Waals surface area contributed by atoms with Gasteiger partial charge in [0.1, 0.15) is 0 Å². The Hall–Kier alpha value is -2.36. The molecule has 4 nitrogen and oxygen atoms in total. The summed E-state index contributed by atoms with van der Waals surface area (Å²) in [6, 6.07) is 12.1. The summed E-state index contributed by atoms with van der Waals surface area (Å²) in [5.74, 6) is 0. The Labute approximate surface area is 99.1 Å². The topological polar surface area (TPSA) is 35.6 Å². The average molecular weight is 224 g/mol. The zero-order valence-corrected chi connectivity index (χ0v) is 9.27. The van der Waals surface area contributed by atoms with Crippen molar-refractivity contribution in [2.75, 3.05) is 0 Å². The third-order valence-electron chi connectivity index (χ3n) is 2.63. The second-order valence-corrected chi connectivity index (χ2v) is 3.78. The number of para-hydroxylation sites is 1. The maximum Gasteiger partial charge on any atom is 0.0696 e. The van der Waals surface area contributed by atoms with Crippen molar-refractivity contribution in [2.24, 2.45) is 0 Å². The van der Waals surface area contributed by atoms with Crippen LogP contribution >= 0.6 is 0 Å². The molecule has 0 saturated heterocycles. The van der Waals surface area contributed by atoms with Gasteiger partial charge in [-0.2, -0.15) is 10.2 Å². The Balaban J connectivity index is 1.99. The molecule has 0 spiro atoms. The van der Waals surface area contributed by atoms with Gasteiger partial charge >= 0.3 is 0 Å². The Morgan fingerprint density at radius 3 is 2.47 bits per heavy atom. The summed E-state index contributed by atoms with van der Waals surface area (Å²) in [7, 11) is 0. The van der Waals surface area contributed by atoms with Crippen molar-refractivity contribution in [2.45, 2.75) is 6.54 Å². The zero-order valence-electron chi connectivity index (χ0n) is 9.27. The van der Waals surface area contributed by atoms with Crippen LogP contribution in [0.5, 0.6) is 0 Å². The van der Waals surface area contributed by atoms with Gasteiger partial charge in [-0.05, 0) is 23.8 Å². The summed E-state index contributed by atoms with van der Waals surface area (Å²) in [4.78, 5) is 0. The van der Waals surface area contributed by atoms with Crippen LogP contribution in [0, 0.1) is 0 Å². The highest BCUT2D eigenvalue weighted by molar-refractivity contribution is 5.40. The zero-order chi connectivity index (χ0) is 11.5. The lowest BCUT2D eigenvalue weighted by Crippen LogP contribution is -2.05. The molecule has 0 fully saturated rings. The molecule has 0 saturated carbocycles. The fraction of sp³-hybridized carbons (Fsp3) is 0.0769. The number of rotatable bonds is 3. The molecule has 0 atom stereocenters. The van der Waals surface area contributed by atoms with E-state index in [2.05, 4.69) is 22.3 Å². The van der Waals surface area contributed by atoms with Gasteiger partial charge in [0.15, 0.2) is 0 Å². The van der Waals surface area contributed by atoms with E-state index >= 15 is 0 Å². The largest absolute Gasteiger partial charge is 0.268 e. The fourth-order valence-corrected chi connectivity index (χ4v) is 1.85. The highest BCUT2D eigenvalue weighted by Crippen LogP contribution is 2.14. The minimum atomic E-state index is 0.753. The van der Waals surface area contributed by atoms with Gasteiger partial charge in [0, 0.05) is 24.8 Å². The number of nitrogens with zero attached hydrogens (tertiary/aromatic N) is 4. The second-order valence-electron chi connectivity index (χ2n) is 3.78. The lowest BCUT2D eigenvalue weighted by molar-refractivity contribution is 0.680. The Bertz CT molecular complexity index is 582. The van der Waals surface area contributed by atoms with Crippen LogP contribution in [-0.4, -0.2) is 19.6 Å². The molecule has 0 aliphatic carbocycles. The third-order valence-corrected chi connectivity index (χ3v) is 2.63. The van der Waals surface area contributed by atoms with Crippen LogP contribution in [0.3, 0.4) is 0 Å². The summed E-state index contributed by atoms with van der Waals surface area (Å²) >= 11 is 0. The van der Waals surface area contributed by atoms with Crippen LogP contribution in [0.15, 0.2) is 61.2 Å². The molecule has 3 rings (SSSR count). The van der Waals surface area contributed by atoms with Crippen LogP contribution in [0.1, 0.15) is 5.56 Å². The third kappa shape index (κ3) is 1.97. The van der Waals surface area contributed by atoms with E-state index in [1.54, 1.807) is 12.4 Å². The molecule has 0 unspecified atom stereocenters. The average Bonchev–Trinajstić information content (AvgIpc) is 3.01. The summed E-state index contributed by atoms with van der Waals surface area (Å²) in [6.45, 7) is 0.753. The highest BCUT2D eigenvalue weighted by Gasteiger charge is 2.04. The molecule has 2 aromatic heterocycles. The van der Waals surface area contributed by atoms with Crippen molar-refractivity contribution in [3.8, 4) is 5.69 Å². The summed E-state index contributed by atoms with van der Waals surface area (Å²) < 4.78 is 3.78. The smallest absolute Gasteiger partial charge is 0.0696 e. The second kappa shape index (κ2) is 4.25. The molecule has 17 heavy (non-hydrogen) atoms. The van der Waals surface area contributed by atoms with Gasteiger partial charge in [-0.3, -0.25) is 4.68 Å². The predicted molar refractivity (Wildman–Crippen MR) is 64.9 cm³/mol. The summed E-state index contributed by atoms with van der Waals surface area (Å²) in [5, 5.41) is 8.48. The first-order valence-corrected chi connectivity index (χ1v) is 5.49. The van der Waals surface area contributed by atoms with E-state index in [4.69, 9.17) is 0 Å². The number of aromatic nitrogens is 4. The number of hydrogen-bond donors (Lipinski definition) is 0. The molecule has 0 aliphatic heterocycles. The first-order chi connectivity index (χ1) is 8.43. The summed E-state index contributed by atoms with van der Waals surface area (Å²) in [6.07, 6.45) is 7.48. The van der Waals surface area contributed by atoms with Gasteiger partial charge in [0.05, 0.1) is 12.2 Å². The van der Waals surface area contributed by atoms with Crippen LogP contribution < -0.4 is 0 Å². The Kier molecular flexibility index (Phi) is 2.46. The van der Waals surface area contributed by atoms with Gasteiger partial charge in [0.2, 0.25) is 0 Å². The molecule has 84 valence electrons. The maximum absolute atomic E-state index is 4.26. The molecular weight excluding hydrogens is 212 g/mol. The first kappa shape index (κ1) is 9.84. The van der Waals surface area contributed by atoms with E-state index in [0.29, 0.717) is 0 Å². The highest BCUT2D eigenvalue weighted by atomic mass is 15.3. The van der Waals surface area contributed by atoms with Crippen LogP contribution in [-0.2, 0) is 6.54 Å². The maximum atomic E-state index is 4.26. The van der Waals surface area contributed by atoms with Crippen molar-refractivity contribution in [1.29, 1.82) is 0 Å². The van der Waals surface area contributed by atoms with Crippen LogP contribution in [0.25, 0.3) is 5.69 Å².